The van der Waals surface area contributed by atoms with Crippen LogP contribution in [0.4, 0.5) is 14.5 Å². The molecule has 2 aromatic rings. The van der Waals surface area contributed by atoms with Crippen LogP contribution >= 0.6 is 0 Å². The number of hydrogen-bond donors (Lipinski definition) is 1. The topological polar surface area (TPSA) is 120 Å². The van der Waals surface area contributed by atoms with Gasteiger partial charge in [-0.05, 0) is 43.2 Å². The Kier molecular flexibility index (Phi) is 6.18. The molecule has 2 fully saturated rings. The van der Waals surface area contributed by atoms with Crippen molar-refractivity contribution in [3.8, 4) is 23.1 Å². The van der Waals surface area contributed by atoms with Crippen LogP contribution in [0.2, 0.25) is 0 Å². The Labute approximate surface area is 205 Å². The zero-order valence-corrected chi connectivity index (χ0v) is 19.2. The first-order valence-electron chi connectivity index (χ1n) is 11.6. The second kappa shape index (κ2) is 9.45. The van der Waals surface area contributed by atoms with Crippen LogP contribution in [-0.4, -0.2) is 58.7 Å². The van der Waals surface area contributed by atoms with Gasteiger partial charge in [-0.15, -0.1) is 5.10 Å². The number of carbonyl (C=O) groups excluding carboxylic acids is 2. The number of ether oxygens (including phenoxy) is 1. The number of nitriles is 1. The van der Waals surface area contributed by atoms with Crippen LogP contribution in [-0.2, 0) is 9.59 Å². The summed E-state index contributed by atoms with van der Waals surface area (Å²) in [5, 5.41) is 19.8. The van der Waals surface area contributed by atoms with E-state index in [2.05, 4.69) is 20.5 Å². The normalized spacial score (nSPS) is 20.4. The first-order chi connectivity index (χ1) is 17.3. The highest BCUT2D eigenvalue weighted by atomic mass is 19.3. The fraction of sp³-hybridized carbons (Fsp3) is 0.360. The molecule has 9 nitrogen and oxygen atoms in total. The van der Waals surface area contributed by atoms with Crippen molar-refractivity contribution in [3.05, 3.63) is 42.1 Å². The molecule has 3 aliphatic rings. The first kappa shape index (κ1) is 23.5. The predicted molar refractivity (Wildman–Crippen MR) is 127 cm³/mol. The van der Waals surface area contributed by atoms with E-state index in [1.165, 1.54) is 18.3 Å². The van der Waals surface area contributed by atoms with Gasteiger partial charge in [0.2, 0.25) is 5.91 Å². The highest BCUT2D eigenvalue weighted by molar-refractivity contribution is 6.41. The van der Waals surface area contributed by atoms with E-state index in [0.717, 1.165) is 17.7 Å². The van der Waals surface area contributed by atoms with Crippen molar-refractivity contribution in [3.63, 3.8) is 0 Å². The Morgan fingerprint density at radius 2 is 2.03 bits per heavy atom. The summed E-state index contributed by atoms with van der Waals surface area (Å²) in [5.41, 5.74) is 1.90. The second-order valence-corrected chi connectivity index (χ2v) is 8.95. The lowest BCUT2D eigenvalue weighted by Crippen LogP contribution is -2.56. The molecule has 1 saturated heterocycles. The van der Waals surface area contributed by atoms with E-state index < -0.39 is 24.5 Å². The van der Waals surface area contributed by atoms with E-state index >= 15 is 0 Å². The molecule has 11 heteroatoms. The van der Waals surface area contributed by atoms with Crippen LogP contribution in [0.3, 0.4) is 0 Å². The summed E-state index contributed by atoms with van der Waals surface area (Å²) in [6.45, 7) is -0.736. The van der Waals surface area contributed by atoms with E-state index in [1.807, 2.05) is 6.07 Å². The molecule has 0 unspecified atom stereocenters. The minimum absolute atomic E-state index is 0.0254. The predicted octanol–water partition coefficient (Wildman–Crippen LogP) is 3.41. The Bertz CT molecular complexity index is 1320. The molecule has 1 aliphatic carbocycles. The molecular formula is C25H22F2N6O3. The van der Waals surface area contributed by atoms with E-state index in [4.69, 9.17) is 4.74 Å². The third kappa shape index (κ3) is 4.93. The number of rotatable bonds is 6. The fourth-order valence-electron chi connectivity index (χ4n) is 4.12. The lowest BCUT2D eigenvalue weighted by Gasteiger charge is -2.38. The Morgan fingerprint density at radius 3 is 2.72 bits per heavy atom. The number of anilines is 1. The van der Waals surface area contributed by atoms with Crippen LogP contribution in [0.1, 0.15) is 31.2 Å². The molecule has 1 atom stereocenters. The number of amides is 2. The number of nitrogens with one attached hydrogen (secondary N) is 1. The molecule has 1 saturated carbocycles. The van der Waals surface area contributed by atoms with Gasteiger partial charge in [0.1, 0.15) is 17.5 Å². The summed E-state index contributed by atoms with van der Waals surface area (Å²) >= 11 is 0. The number of carbonyl (C=O) groups is 2. The van der Waals surface area contributed by atoms with Gasteiger partial charge in [-0.25, -0.2) is 8.78 Å². The van der Waals surface area contributed by atoms with Crippen molar-refractivity contribution >= 4 is 29.4 Å². The summed E-state index contributed by atoms with van der Waals surface area (Å²) in [6, 6.07) is 9.97. The van der Waals surface area contributed by atoms with Crippen LogP contribution < -0.4 is 10.1 Å². The number of halogens is 2. The van der Waals surface area contributed by atoms with Gasteiger partial charge in [0.15, 0.2) is 6.10 Å². The number of piperidine rings is 1. The van der Waals surface area contributed by atoms with Crippen LogP contribution in [0, 0.1) is 17.2 Å². The van der Waals surface area contributed by atoms with Gasteiger partial charge in [-0.3, -0.25) is 14.6 Å². The second-order valence-electron chi connectivity index (χ2n) is 8.95. The lowest BCUT2D eigenvalue weighted by atomic mass is 10.0. The Morgan fingerprint density at radius 1 is 1.19 bits per heavy atom. The first-order valence-corrected chi connectivity index (χ1v) is 11.6. The number of nitrogens with zero attached hydrogens (tertiary/aromatic N) is 5. The molecule has 1 aromatic heterocycles. The van der Waals surface area contributed by atoms with Crippen molar-refractivity contribution in [2.45, 2.75) is 37.7 Å². The third-order valence-electron chi connectivity index (χ3n) is 6.25. The van der Waals surface area contributed by atoms with Crippen LogP contribution in [0.5, 0.6) is 5.75 Å². The summed E-state index contributed by atoms with van der Waals surface area (Å²) in [7, 11) is 0. The minimum atomic E-state index is -3.32. The number of pyridine rings is 1. The molecule has 0 radical (unpaired) electrons. The monoisotopic (exact) mass is 492 g/mol. The zero-order chi connectivity index (χ0) is 25.3. The van der Waals surface area contributed by atoms with Gasteiger partial charge in [0.05, 0.1) is 17.8 Å². The Hall–Kier alpha value is -4.20. The molecule has 5 rings (SSSR count). The largest absolute Gasteiger partial charge is 0.483 e. The highest BCUT2D eigenvalue weighted by Crippen LogP contribution is 2.34. The van der Waals surface area contributed by atoms with E-state index in [-0.39, 0.29) is 48.2 Å². The van der Waals surface area contributed by atoms with Crippen LogP contribution in [0.25, 0.3) is 11.3 Å². The third-order valence-corrected chi connectivity index (χ3v) is 6.25. The highest BCUT2D eigenvalue weighted by Gasteiger charge is 2.48. The van der Waals surface area contributed by atoms with Crippen molar-refractivity contribution in [2.75, 3.05) is 18.4 Å². The van der Waals surface area contributed by atoms with Gasteiger partial charge in [-0.2, -0.15) is 10.4 Å². The van der Waals surface area contributed by atoms with Crippen molar-refractivity contribution in [2.24, 2.45) is 16.1 Å². The summed E-state index contributed by atoms with van der Waals surface area (Å²) < 4.78 is 35.5. The molecule has 2 aliphatic heterocycles. The average molecular weight is 492 g/mol. The quantitative estimate of drug-likeness (QED) is 0.663. The minimum Gasteiger partial charge on any atom is -0.483 e. The molecule has 36 heavy (non-hydrogen) atoms. The number of alkyl halides is 2. The molecule has 1 N–H and O–H groups in total. The molecule has 2 amide bonds. The smallest absolute Gasteiger partial charge is 0.301 e. The van der Waals surface area contributed by atoms with E-state index in [0.29, 0.717) is 16.9 Å². The molecule has 3 heterocycles. The SMILES string of the molecule is N#Cc1cc(-c2cc(NC(=O)C3CC3)ccn2)ccc1O[C@H]1CCN(C(=O)C2=NN=CC2)CC1(F)F. The van der Waals surface area contributed by atoms with Crippen molar-refractivity contribution in [1.29, 1.82) is 5.26 Å². The molecule has 0 spiro atoms. The van der Waals surface area contributed by atoms with Crippen molar-refractivity contribution < 1.29 is 23.1 Å². The maximum Gasteiger partial charge on any atom is 0.301 e. The van der Waals surface area contributed by atoms with Gasteiger partial charge in [-0.1, -0.05) is 0 Å². The van der Waals surface area contributed by atoms with Gasteiger partial charge in [0.25, 0.3) is 5.91 Å². The number of likely N-dealkylation sites (tertiary alicyclic amines) is 1. The number of aromatic nitrogens is 1. The van der Waals surface area contributed by atoms with Crippen molar-refractivity contribution in [1.82, 2.24) is 9.88 Å². The van der Waals surface area contributed by atoms with E-state index in [1.54, 1.807) is 24.4 Å². The zero-order valence-electron chi connectivity index (χ0n) is 19.2. The van der Waals surface area contributed by atoms with E-state index in [9.17, 15) is 23.6 Å². The van der Waals surface area contributed by atoms with Gasteiger partial charge >= 0.3 is 5.92 Å². The standard InChI is InChI=1S/C25H22F2N6O3/c26-25(27)14-33(24(35)19-6-9-30-32-19)10-7-22(25)36-21-4-3-16(11-17(21)13-28)20-12-18(5-8-29-20)31-23(34)15-1-2-15/h3-5,8-9,11-12,15,22H,1-2,6-7,10,14H2,(H,29,31,34)/t22-/m0/s1. The maximum atomic E-state index is 14.9. The molecular weight excluding hydrogens is 470 g/mol. The fourth-order valence-corrected chi connectivity index (χ4v) is 4.12. The Balaban J connectivity index is 1.29. The molecule has 1 aromatic carbocycles. The lowest BCUT2D eigenvalue weighted by molar-refractivity contribution is -0.155. The molecule has 184 valence electrons. The maximum absolute atomic E-state index is 14.9. The van der Waals surface area contributed by atoms with Crippen LogP contribution in [0.15, 0.2) is 46.7 Å². The van der Waals surface area contributed by atoms with Gasteiger partial charge < -0.3 is 15.0 Å². The summed E-state index contributed by atoms with van der Waals surface area (Å²) in [4.78, 5) is 29.8. The number of benzene rings is 1. The van der Waals surface area contributed by atoms with Gasteiger partial charge in [0, 0.05) is 49.0 Å². The molecule has 0 bridgehead atoms. The summed E-state index contributed by atoms with van der Waals surface area (Å²) in [5.74, 6) is -3.84. The summed E-state index contributed by atoms with van der Waals surface area (Å²) in [6.07, 6.45) is 3.38. The average Bonchev–Trinajstić information content (AvgIpc) is 3.59. The number of hydrogen-bond acceptors (Lipinski definition) is 7.